The summed E-state index contributed by atoms with van der Waals surface area (Å²) in [6, 6.07) is 13.8. The normalized spacial score (nSPS) is 16.1. The first kappa shape index (κ1) is 12.8. The Kier molecular flexibility index (Phi) is 3.01. The quantitative estimate of drug-likeness (QED) is 0.539. The molecule has 22 heavy (non-hydrogen) atoms. The third-order valence-corrected chi connectivity index (χ3v) is 3.80. The number of carbonyl (C=O) groups excluding carboxylic acids is 1. The van der Waals surface area contributed by atoms with Gasteiger partial charge in [-0.15, -0.1) is 5.10 Å². The molecule has 0 bridgehead atoms. The van der Waals surface area contributed by atoms with E-state index >= 15 is 0 Å². The summed E-state index contributed by atoms with van der Waals surface area (Å²) < 4.78 is 9.00. The zero-order valence-corrected chi connectivity index (χ0v) is 12.1. The summed E-state index contributed by atoms with van der Waals surface area (Å²) in [4.78, 5) is 16.2. The van der Waals surface area contributed by atoms with Crippen molar-refractivity contribution in [1.29, 1.82) is 0 Å². The first-order chi connectivity index (χ1) is 10.8. The molecular weight excluding hydrogens is 298 g/mol. The number of rotatable bonds is 2. The SMILES string of the molecule is O=C1OC(c2ccc3ccccc3c2)=NC1=Cc1csnn1. The van der Waals surface area contributed by atoms with E-state index in [1.165, 1.54) is 11.5 Å². The lowest BCUT2D eigenvalue weighted by atomic mass is 10.1. The van der Waals surface area contributed by atoms with Gasteiger partial charge in [0.05, 0.1) is 0 Å². The minimum Gasteiger partial charge on any atom is -0.402 e. The molecule has 1 aliphatic heterocycles. The summed E-state index contributed by atoms with van der Waals surface area (Å²) in [5.74, 6) is -0.165. The van der Waals surface area contributed by atoms with Crippen molar-refractivity contribution in [3.05, 3.63) is 64.8 Å². The van der Waals surface area contributed by atoms with Gasteiger partial charge in [0.2, 0.25) is 5.90 Å². The van der Waals surface area contributed by atoms with Crippen LogP contribution in [0.25, 0.3) is 16.8 Å². The van der Waals surface area contributed by atoms with Crippen molar-refractivity contribution < 1.29 is 9.53 Å². The molecule has 1 aliphatic rings. The topological polar surface area (TPSA) is 64.4 Å². The van der Waals surface area contributed by atoms with Crippen LogP contribution in [-0.2, 0) is 9.53 Å². The lowest BCUT2D eigenvalue weighted by molar-refractivity contribution is -0.129. The highest BCUT2D eigenvalue weighted by atomic mass is 32.1. The summed E-state index contributed by atoms with van der Waals surface area (Å²) in [5, 5.41) is 7.80. The van der Waals surface area contributed by atoms with Gasteiger partial charge in [-0.2, -0.15) is 0 Å². The van der Waals surface area contributed by atoms with Crippen LogP contribution in [0.2, 0.25) is 0 Å². The number of benzene rings is 2. The zero-order valence-electron chi connectivity index (χ0n) is 11.3. The predicted molar refractivity (Wildman–Crippen MR) is 84.5 cm³/mol. The van der Waals surface area contributed by atoms with Crippen LogP contribution in [0.1, 0.15) is 11.3 Å². The standard InChI is InChI=1S/C16H9N3O2S/c20-16-14(8-13-9-22-19-18-13)17-15(21-16)12-6-5-10-3-1-2-4-11(10)7-12/h1-9H. The minimum atomic E-state index is -0.476. The summed E-state index contributed by atoms with van der Waals surface area (Å²) >= 11 is 1.22. The molecule has 0 unspecified atom stereocenters. The highest BCUT2D eigenvalue weighted by molar-refractivity contribution is 7.03. The van der Waals surface area contributed by atoms with E-state index in [4.69, 9.17) is 4.74 Å². The molecule has 1 aromatic heterocycles. The Hall–Kier alpha value is -2.86. The van der Waals surface area contributed by atoms with Crippen LogP contribution in [0.5, 0.6) is 0 Å². The Morgan fingerprint density at radius 3 is 2.77 bits per heavy atom. The van der Waals surface area contributed by atoms with Crippen LogP contribution in [0.15, 0.2) is 58.5 Å². The lowest BCUT2D eigenvalue weighted by Gasteiger charge is -2.02. The van der Waals surface area contributed by atoms with Gasteiger partial charge >= 0.3 is 5.97 Å². The largest absolute Gasteiger partial charge is 0.402 e. The number of ether oxygens (including phenoxy) is 1. The highest BCUT2D eigenvalue weighted by Gasteiger charge is 2.24. The van der Waals surface area contributed by atoms with Crippen molar-refractivity contribution in [2.24, 2.45) is 4.99 Å². The molecule has 0 saturated heterocycles. The van der Waals surface area contributed by atoms with Gasteiger partial charge in [0.1, 0.15) is 5.69 Å². The van der Waals surface area contributed by atoms with Gasteiger partial charge in [0, 0.05) is 10.9 Å². The van der Waals surface area contributed by atoms with Gasteiger partial charge in [-0.25, -0.2) is 9.79 Å². The molecule has 0 radical (unpaired) electrons. The maximum atomic E-state index is 11.9. The molecule has 106 valence electrons. The second-order valence-electron chi connectivity index (χ2n) is 4.73. The van der Waals surface area contributed by atoms with Crippen LogP contribution in [0, 0.1) is 0 Å². The number of fused-ring (bicyclic) bond motifs is 1. The van der Waals surface area contributed by atoms with E-state index in [-0.39, 0.29) is 5.70 Å². The van der Waals surface area contributed by atoms with Gasteiger partial charge in [0.25, 0.3) is 0 Å². The second-order valence-corrected chi connectivity index (χ2v) is 5.34. The lowest BCUT2D eigenvalue weighted by Crippen LogP contribution is -2.05. The van der Waals surface area contributed by atoms with Crippen LogP contribution in [-0.4, -0.2) is 21.5 Å². The molecule has 0 aliphatic carbocycles. The fraction of sp³-hybridized carbons (Fsp3) is 0. The fourth-order valence-electron chi connectivity index (χ4n) is 2.23. The molecule has 3 aromatic rings. The molecule has 0 atom stereocenters. The maximum absolute atomic E-state index is 11.9. The van der Waals surface area contributed by atoms with Crippen molar-refractivity contribution >= 4 is 40.2 Å². The average molecular weight is 307 g/mol. The summed E-state index contributed by atoms with van der Waals surface area (Å²) in [6.45, 7) is 0. The summed E-state index contributed by atoms with van der Waals surface area (Å²) in [6.07, 6.45) is 1.57. The third kappa shape index (κ3) is 2.29. The van der Waals surface area contributed by atoms with E-state index in [1.54, 1.807) is 11.5 Å². The van der Waals surface area contributed by atoms with Crippen LogP contribution in [0.4, 0.5) is 0 Å². The van der Waals surface area contributed by atoms with Crippen LogP contribution >= 0.6 is 11.5 Å². The number of hydrogen-bond donors (Lipinski definition) is 0. The number of esters is 1. The molecule has 0 saturated carbocycles. The van der Waals surface area contributed by atoms with E-state index < -0.39 is 5.97 Å². The average Bonchev–Trinajstić information content (AvgIpc) is 3.18. The number of cyclic esters (lactones) is 1. The van der Waals surface area contributed by atoms with Crippen molar-refractivity contribution in [3.63, 3.8) is 0 Å². The Bertz CT molecular complexity index is 929. The van der Waals surface area contributed by atoms with Crippen LogP contribution < -0.4 is 0 Å². The van der Waals surface area contributed by atoms with Crippen LogP contribution in [0.3, 0.4) is 0 Å². The van der Waals surface area contributed by atoms with Gasteiger partial charge < -0.3 is 4.74 Å². The van der Waals surface area contributed by atoms with Crippen molar-refractivity contribution in [2.75, 3.05) is 0 Å². The molecule has 6 heteroatoms. The van der Waals surface area contributed by atoms with E-state index in [9.17, 15) is 4.79 Å². The number of hydrogen-bond acceptors (Lipinski definition) is 6. The Morgan fingerprint density at radius 1 is 1.09 bits per heavy atom. The first-order valence-corrected chi connectivity index (χ1v) is 7.42. The number of aliphatic imine (C=N–C) groups is 1. The Labute approximate surface area is 129 Å². The molecule has 5 nitrogen and oxygen atoms in total. The van der Waals surface area contributed by atoms with E-state index in [0.29, 0.717) is 11.6 Å². The third-order valence-electron chi connectivity index (χ3n) is 3.28. The molecule has 0 N–H and O–H groups in total. The molecular formula is C16H9N3O2S. The van der Waals surface area contributed by atoms with Crippen molar-refractivity contribution in [2.45, 2.75) is 0 Å². The second kappa shape index (κ2) is 5.16. The summed E-state index contributed by atoms with van der Waals surface area (Å²) in [7, 11) is 0. The minimum absolute atomic E-state index is 0.232. The van der Waals surface area contributed by atoms with E-state index in [0.717, 1.165) is 16.3 Å². The van der Waals surface area contributed by atoms with Gasteiger partial charge in [-0.1, -0.05) is 34.8 Å². The van der Waals surface area contributed by atoms with Gasteiger partial charge in [-0.05, 0) is 40.5 Å². The molecule has 2 heterocycles. The molecule has 0 spiro atoms. The molecule has 2 aromatic carbocycles. The monoisotopic (exact) mass is 307 g/mol. The van der Waals surface area contributed by atoms with Gasteiger partial charge in [-0.3, -0.25) is 0 Å². The summed E-state index contributed by atoms with van der Waals surface area (Å²) in [5.41, 5.74) is 1.60. The number of nitrogens with zero attached hydrogens (tertiary/aromatic N) is 3. The number of aromatic nitrogens is 2. The number of carbonyl (C=O) groups is 1. The van der Waals surface area contributed by atoms with Crippen molar-refractivity contribution in [3.8, 4) is 0 Å². The fourth-order valence-corrected chi connectivity index (χ4v) is 2.64. The molecule has 0 amide bonds. The molecule has 0 fully saturated rings. The molecule has 4 rings (SSSR count). The van der Waals surface area contributed by atoms with E-state index in [1.807, 2.05) is 42.5 Å². The highest BCUT2D eigenvalue weighted by Crippen LogP contribution is 2.22. The van der Waals surface area contributed by atoms with E-state index in [2.05, 4.69) is 14.6 Å². The van der Waals surface area contributed by atoms with Gasteiger partial charge in [0.15, 0.2) is 5.70 Å². The zero-order chi connectivity index (χ0) is 14.9. The smallest absolute Gasteiger partial charge is 0.363 e. The first-order valence-electron chi connectivity index (χ1n) is 6.58. The Balaban J connectivity index is 1.74. The van der Waals surface area contributed by atoms with Crippen molar-refractivity contribution in [1.82, 2.24) is 9.59 Å². The maximum Gasteiger partial charge on any atom is 0.363 e. The Morgan fingerprint density at radius 2 is 1.95 bits per heavy atom. The predicted octanol–water partition coefficient (Wildman–Crippen LogP) is 3.04.